The molecule has 0 saturated carbocycles. The summed E-state index contributed by atoms with van der Waals surface area (Å²) in [7, 11) is 0. The molecule has 3 heterocycles. The van der Waals surface area contributed by atoms with Crippen LogP contribution in [0.25, 0.3) is 11.0 Å². The molecule has 7 nitrogen and oxygen atoms in total. The molecular formula is C22H21N5O2S. The summed E-state index contributed by atoms with van der Waals surface area (Å²) < 4.78 is 1.82. The van der Waals surface area contributed by atoms with E-state index >= 15 is 0 Å². The molecule has 0 spiro atoms. The molecule has 0 aliphatic heterocycles. The average molecular weight is 420 g/mol. The monoisotopic (exact) mass is 419 g/mol. The number of fused-ring (bicyclic) bond motifs is 1. The van der Waals surface area contributed by atoms with E-state index < -0.39 is 0 Å². The number of carbonyl (C=O) groups is 2. The van der Waals surface area contributed by atoms with Crippen LogP contribution in [0.3, 0.4) is 0 Å². The number of aryl methyl sites for hydroxylation is 1. The minimum atomic E-state index is -0.189. The van der Waals surface area contributed by atoms with E-state index in [4.69, 9.17) is 0 Å². The van der Waals surface area contributed by atoms with E-state index in [1.54, 1.807) is 23.6 Å². The number of nitrogens with zero attached hydrogens (tertiary/aromatic N) is 3. The summed E-state index contributed by atoms with van der Waals surface area (Å²) in [5.41, 5.74) is 3.60. The topological polar surface area (TPSA) is 88.9 Å². The fourth-order valence-corrected chi connectivity index (χ4v) is 3.95. The third kappa shape index (κ3) is 4.38. The molecule has 4 rings (SSSR count). The molecule has 152 valence electrons. The summed E-state index contributed by atoms with van der Waals surface area (Å²) in [6.07, 6.45) is 1.70. The number of pyridine rings is 1. The van der Waals surface area contributed by atoms with Gasteiger partial charge in [-0.3, -0.25) is 9.59 Å². The summed E-state index contributed by atoms with van der Waals surface area (Å²) in [6.45, 7) is 4.30. The molecule has 0 aliphatic carbocycles. The highest BCUT2D eigenvalue weighted by Gasteiger charge is 2.16. The molecule has 1 aromatic carbocycles. The van der Waals surface area contributed by atoms with Crippen molar-refractivity contribution in [1.82, 2.24) is 20.1 Å². The second kappa shape index (κ2) is 8.46. The average Bonchev–Trinajstić information content (AvgIpc) is 3.36. The number of carbonyl (C=O) groups excluding carboxylic acids is 2. The van der Waals surface area contributed by atoms with Crippen LogP contribution in [0.4, 0.5) is 5.69 Å². The Morgan fingerprint density at radius 3 is 2.80 bits per heavy atom. The molecule has 30 heavy (non-hydrogen) atoms. The predicted molar refractivity (Wildman–Crippen MR) is 118 cm³/mol. The Labute approximate surface area is 177 Å². The van der Waals surface area contributed by atoms with Crippen LogP contribution in [0, 0.1) is 6.92 Å². The first-order valence-electron chi connectivity index (χ1n) is 9.50. The predicted octanol–water partition coefficient (Wildman–Crippen LogP) is 3.74. The third-order valence-electron chi connectivity index (χ3n) is 4.57. The maximum atomic E-state index is 12.9. The van der Waals surface area contributed by atoms with E-state index in [0.29, 0.717) is 30.0 Å². The van der Waals surface area contributed by atoms with Crippen molar-refractivity contribution in [2.45, 2.75) is 26.9 Å². The van der Waals surface area contributed by atoms with E-state index in [2.05, 4.69) is 26.8 Å². The van der Waals surface area contributed by atoms with Crippen molar-refractivity contribution in [3.05, 3.63) is 75.7 Å². The smallest absolute Gasteiger partial charge is 0.252 e. The molecule has 0 unspecified atom stereocenters. The van der Waals surface area contributed by atoms with Gasteiger partial charge < -0.3 is 10.6 Å². The number of aromatic nitrogens is 3. The Balaban J connectivity index is 1.55. The number of amides is 2. The van der Waals surface area contributed by atoms with Gasteiger partial charge in [-0.25, -0.2) is 9.67 Å². The van der Waals surface area contributed by atoms with Crippen LogP contribution in [0.2, 0.25) is 0 Å². The maximum Gasteiger partial charge on any atom is 0.252 e. The van der Waals surface area contributed by atoms with Gasteiger partial charge in [0.2, 0.25) is 5.91 Å². The molecular weight excluding hydrogens is 398 g/mol. The van der Waals surface area contributed by atoms with Crippen LogP contribution in [0.5, 0.6) is 0 Å². The highest BCUT2D eigenvalue weighted by molar-refractivity contribution is 7.09. The lowest BCUT2D eigenvalue weighted by atomic mass is 10.1. The van der Waals surface area contributed by atoms with Crippen LogP contribution < -0.4 is 10.6 Å². The molecule has 0 fully saturated rings. The van der Waals surface area contributed by atoms with E-state index in [1.807, 2.05) is 47.3 Å². The highest BCUT2D eigenvalue weighted by atomic mass is 32.1. The van der Waals surface area contributed by atoms with Gasteiger partial charge >= 0.3 is 0 Å². The van der Waals surface area contributed by atoms with Crippen molar-refractivity contribution < 1.29 is 9.59 Å². The minimum absolute atomic E-state index is 0.134. The standard InChI is InChI=1S/C22H21N5O2S/c1-14-9-19(20-12-24-27(21(20)25-14)13-18-7-4-8-30-18)22(29)23-11-16-5-3-6-17(10-16)26-15(2)28/h3-10,12H,11,13H2,1-2H3,(H,23,29)(H,26,28). The Morgan fingerprint density at radius 2 is 2.03 bits per heavy atom. The number of nitrogens with one attached hydrogen (secondary N) is 2. The van der Waals surface area contributed by atoms with Crippen molar-refractivity contribution in [3.63, 3.8) is 0 Å². The van der Waals surface area contributed by atoms with Gasteiger partial charge in [0.1, 0.15) is 0 Å². The number of hydrogen-bond acceptors (Lipinski definition) is 5. The van der Waals surface area contributed by atoms with Gasteiger partial charge in [-0.1, -0.05) is 18.2 Å². The first-order chi connectivity index (χ1) is 14.5. The van der Waals surface area contributed by atoms with Crippen molar-refractivity contribution in [3.8, 4) is 0 Å². The molecule has 4 aromatic rings. The van der Waals surface area contributed by atoms with Crippen molar-refractivity contribution >= 4 is 39.9 Å². The number of rotatable bonds is 6. The van der Waals surface area contributed by atoms with Crippen LogP contribution in [-0.4, -0.2) is 26.6 Å². The van der Waals surface area contributed by atoms with Gasteiger partial charge in [0.15, 0.2) is 5.65 Å². The van der Waals surface area contributed by atoms with Gasteiger partial charge in [0.05, 0.1) is 23.7 Å². The molecule has 2 amide bonds. The van der Waals surface area contributed by atoms with Crippen LogP contribution in [-0.2, 0) is 17.9 Å². The molecule has 0 saturated heterocycles. The summed E-state index contributed by atoms with van der Waals surface area (Å²) in [6, 6.07) is 13.2. The number of benzene rings is 1. The minimum Gasteiger partial charge on any atom is -0.348 e. The Hall–Kier alpha value is -3.52. The third-order valence-corrected chi connectivity index (χ3v) is 5.43. The van der Waals surface area contributed by atoms with Gasteiger partial charge in [0.25, 0.3) is 5.91 Å². The zero-order valence-electron chi connectivity index (χ0n) is 16.7. The Morgan fingerprint density at radius 1 is 1.17 bits per heavy atom. The van der Waals surface area contributed by atoms with Gasteiger partial charge in [-0.15, -0.1) is 11.3 Å². The molecule has 0 bridgehead atoms. The Bertz CT molecular complexity index is 1210. The van der Waals surface area contributed by atoms with Crippen molar-refractivity contribution in [1.29, 1.82) is 0 Å². The number of thiophene rings is 1. The lowest BCUT2D eigenvalue weighted by Crippen LogP contribution is -2.23. The Kier molecular flexibility index (Phi) is 5.58. The lowest BCUT2D eigenvalue weighted by Gasteiger charge is -2.09. The summed E-state index contributed by atoms with van der Waals surface area (Å²) in [4.78, 5) is 29.9. The largest absolute Gasteiger partial charge is 0.348 e. The highest BCUT2D eigenvalue weighted by Crippen LogP contribution is 2.21. The van der Waals surface area contributed by atoms with E-state index in [-0.39, 0.29) is 11.8 Å². The molecule has 3 aromatic heterocycles. The molecule has 0 aliphatic rings. The maximum absolute atomic E-state index is 12.9. The van der Waals surface area contributed by atoms with Crippen LogP contribution in [0.15, 0.2) is 54.0 Å². The quantitative estimate of drug-likeness (QED) is 0.498. The van der Waals surface area contributed by atoms with Crippen LogP contribution >= 0.6 is 11.3 Å². The molecule has 8 heteroatoms. The SMILES string of the molecule is CC(=O)Nc1cccc(CNC(=O)c2cc(C)nc3c2cnn3Cc2cccs2)c1. The first kappa shape index (κ1) is 19.8. The van der Waals surface area contributed by atoms with Gasteiger partial charge in [-0.05, 0) is 42.1 Å². The first-order valence-corrected chi connectivity index (χ1v) is 10.4. The summed E-state index contributed by atoms with van der Waals surface area (Å²) in [5, 5.41) is 12.9. The van der Waals surface area contributed by atoms with Gasteiger partial charge in [-0.2, -0.15) is 5.10 Å². The molecule has 0 radical (unpaired) electrons. The number of anilines is 1. The summed E-state index contributed by atoms with van der Waals surface area (Å²) >= 11 is 1.66. The zero-order valence-corrected chi connectivity index (χ0v) is 17.5. The van der Waals surface area contributed by atoms with Crippen LogP contribution in [0.1, 0.15) is 33.4 Å². The molecule has 2 N–H and O–H groups in total. The number of hydrogen-bond donors (Lipinski definition) is 2. The van der Waals surface area contributed by atoms with Gasteiger partial charge in [0, 0.05) is 29.7 Å². The van der Waals surface area contributed by atoms with E-state index in [9.17, 15) is 9.59 Å². The van der Waals surface area contributed by atoms with E-state index in [1.165, 1.54) is 11.8 Å². The molecule has 0 atom stereocenters. The zero-order chi connectivity index (χ0) is 21.1. The fraction of sp³-hybridized carbons (Fsp3) is 0.182. The second-order valence-corrected chi connectivity index (χ2v) is 8.03. The van der Waals surface area contributed by atoms with Crippen molar-refractivity contribution in [2.24, 2.45) is 0 Å². The van der Waals surface area contributed by atoms with E-state index in [0.717, 1.165) is 16.6 Å². The normalized spacial score (nSPS) is 10.9. The summed E-state index contributed by atoms with van der Waals surface area (Å²) in [5.74, 6) is -0.323. The van der Waals surface area contributed by atoms with Crippen molar-refractivity contribution in [2.75, 3.05) is 5.32 Å². The second-order valence-electron chi connectivity index (χ2n) is 6.99. The fourth-order valence-electron chi connectivity index (χ4n) is 3.27. The lowest BCUT2D eigenvalue weighted by molar-refractivity contribution is -0.114.